The summed E-state index contributed by atoms with van der Waals surface area (Å²) in [5.41, 5.74) is -0.913. The molecule has 0 aliphatic rings. The summed E-state index contributed by atoms with van der Waals surface area (Å²) in [4.78, 5) is 12.1. The molecule has 118 valence electrons. The Hall–Kier alpha value is -1.55. The van der Waals surface area contributed by atoms with Crippen molar-refractivity contribution in [3.8, 4) is 5.75 Å². The molecule has 0 radical (unpaired) electrons. The van der Waals surface area contributed by atoms with Gasteiger partial charge in [0.05, 0.1) is 18.6 Å². The van der Waals surface area contributed by atoms with Gasteiger partial charge in [0.2, 0.25) is 0 Å². The average molecular weight is 294 g/mol. The smallest absolute Gasteiger partial charge is 0.312 e. The number of carbonyl (C=O) groups is 1. The Labute approximate surface area is 127 Å². The van der Waals surface area contributed by atoms with Crippen LogP contribution in [-0.2, 0) is 16.0 Å². The lowest BCUT2D eigenvalue weighted by atomic mass is 9.84. The van der Waals surface area contributed by atoms with Gasteiger partial charge in [-0.15, -0.1) is 0 Å². The van der Waals surface area contributed by atoms with E-state index in [0.717, 1.165) is 5.56 Å². The second-order valence-electron chi connectivity index (χ2n) is 6.60. The highest BCUT2D eigenvalue weighted by atomic mass is 16.6. The lowest BCUT2D eigenvalue weighted by Crippen LogP contribution is -2.42. The first-order valence-corrected chi connectivity index (χ1v) is 7.14. The molecule has 0 aliphatic heterocycles. The fraction of sp³-hybridized carbons (Fsp3) is 0.588. The van der Waals surface area contributed by atoms with Crippen LogP contribution in [0.2, 0.25) is 0 Å². The highest BCUT2D eigenvalue weighted by Gasteiger charge is 2.37. The molecule has 0 saturated carbocycles. The number of aliphatic hydroxyl groups is 1. The van der Waals surface area contributed by atoms with E-state index in [1.165, 1.54) is 0 Å². The first-order valence-electron chi connectivity index (χ1n) is 7.14. The number of hydrogen-bond donors (Lipinski definition) is 1. The number of benzene rings is 1. The number of carbonyl (C=O) groups excluding carboxylic acids is 1. The van der Waals surface area contributed by atoms with E-state index in [9.17, 15) is 9.90 Å². The quantitative estimate of drug-likeness (QED) is 0.848. The highest BCUT2D eigenvalue weighted by Crippen LogP contribution is 2.29. The molecule has 0 bridgehead atoms. The molecule has 0 aliphatic carbocycles. The van der Waals surface area contributed by atoms with E-state index in [2.05, 4.69) is 0 Å². The predicted molar refractivity (Wildman–Crippen MR) is 82.3 cm³/mol. The molecule has 2 unspecified atom stereocenters. The SMILES string of the molecule is COc1ccccc1CC(C)(O)C(C)C(=O)OC(C)(C)C. The van der Waals surface area contributed by atoms with Gasteiger partial charge in [-0.25, -0.2) is 0 Å². The first-order chi connectivity index (χ1) is 9.57. The summed E-state index contributed by atoms with van der Waals surface area (Å²) in [6.45, 7) is 8.77. The summed E-state index contributed by atoms with van der Waals surface area (Å²) in [5.74, 6) is -0.335. The van der Waals surface area contributed by atoms with Gasteiger partial charge < -0.3 is 14.6 Å². The van der Waals surface area contributed by atoms with Crippen LogP contribution in [0, 0.1) is 5.92 Å². The van der Waals surface area contributed by atoms with Crippen molar-refractivity contribution in [1.29, 1.82) is 0 Å². The van der Waals surface area contributed by atoms with Crippen LogP contribution < -0.4 is 4.74 Å². The fourth-order valence-electron chi connectivity index (χ4n) is 2.03. The molecule has 1 N–H and O–H groups in total. The number of methoxy groups -OCH3 is 1. The van der Waals surface area contributed by atoms with Gasteiger partial charge in [-0.2, -0.15) is 0 Å². The van der Waals surface area contributed by atoms with Gasteiger partial charge in [0.1, 0.15) is 11.4 Å². The van der Waals surface area contributed by atoms with Crippen molar-refractivity contribution in [2.24, 2.45) is 5.92 Å². The van der Waals surface area contributed by atoms with E-state index < -0.39 is 23.1 Å². The van der Waals surface area contributed by atoms with Crippen LogP contribution in [0.5, 0.6) is 5.75 Å². The Morgan fingerprint density at radius 1 is 1.24 bits per heavy atom. The second kappa shape index (κ2) is 6.48. The molecule has 1 aromatic rings. The van der Waals surface area contributed by atoms with Crippen molar-refractivity contribution in [2.75, 3.05) is 7.11 Å². The van der Waals surface area contributed by atoms with Crippen LogP contribution in [0.1, 0.15) is 40.2 Å². The van der Waals surface area contributed by atoms with Crippen molar-refractivity contribution in [3.05, 3.63) is 29.8 Å². The second-order valence-corrected chi connectivity index (χ2v) is 6.60. The third-order valence-electron chi connectivity index (χ3n) is 3.43. The molecule has 21 heavy (non-hydrogen) atoms. The minimum atomic E-state index is -1.21. The number of esters is 1. The molecule has 4 heteroatoms. The molecule has 2 atom stereocenters. The zero-order valence-electron chi connectivity index (χ0n) is 13.8. The third kappa shape index (κ3) is 5.05. The summed E-state index contributed by atoms with van der Waals surface area (Å²) in [6, 6.07) is 7.47. The fourth-order valence-corrected chi connectivity index (χ4v) is 2.03. The molecular weight excluding hydrogens is 268 g/mol. The van der Waals surface area contributed by atoms with Crippen molar-refractivity contribution in [3.63, 3.8) is 0 Å². The molecule has 0 fully saturated rings. The largest absolute Gasteiger partial charge is 0.496 e. The Balaban J connectivity index is 2.87. The molecule has 0 heterocycles. The summed E-state index contributed by atoms with van der Waals surface area (Å²) in [7, 11) is 1.59. The Morgan fingerprint density at radius 2 is 1.81 bits per heavy atom. The first kappa shape index (κ1) is 17.5. The average Bonchev–Trinajstić information content (AvgIpc) is 2.36. The van der Waals surface area contributed by atoms with Gasteiger partial charge in [0, 0.05) is 6.42 Å². The summed E-state index contributed by atoms with van der Waals surface area (Å²) in [6.07, 6.45) is 0.317. The van der Waals surface area contributed by atoms with E-state index in [1.807, 2.05) is 45.0 Å². The van der Waals surface area contributed by atoms with Crippen LogP contribution in [0.3, 0.4) is 0 Å². The minimum absolute atomic E-state index is 0.317. The number of ether oxygens (including phenoxy) is 2. The maximum Gasteiger partial charge on any atom is 0.312 e. The lowest BCUT2D eigenvalue weighted by molar-refractivity contribution is -0.167. The van der Waals surface area contributed by atoms with Gasteiger partial charge in [-0.3, -0.25) is 4.79 Å². The molecular formula is C17H26O4. The van der Waals surface area contributed by atoms with E-state index in [-0.39, 0.29) is 0 Å². The van der Waals surface area contributed by atoms with E-state index in [4.69, 9.17) is 9.47 Å². The Bertz CT molecular complexity index is 486. The lowest BCUT2D eigenvalue weighted by Gasteiger charge is -2.31. The van der Waals surface area contributed by atoms with Gasteiger partial charge in [-0.05, 0) is 46.2 Å². The topological polar surface area (TPSA) is 55.8 Å². The summed E-state index contributed by atoms with van der Waals surface area (Å²) in [5, 5.41) is 10.7. The molecule has 1 rings (SSSR count). The van der Waals surface area contributed by atoms with Crippen LogP contribution in [0.15, 0.2) is 24.3 Å². The number of rotatable bonds is 5. The van der Waals surface area contributed by atoms with Crippen LogP contribution in [0.4, 0.5) is 0 Å². The standard InChI is InChI=1S/C17H26O4/c1-12(15(18)21-16(2,3)4)17(5,19)11-13-9-7-8-10-14(13)20-6/h7-10,12,19H,11H2,1-6H3. The van der Waals surface area contributed by atoms with Crippen molar-refractivity contribution < 1.29 is 19.4 Å². The molecule has 1 aromatic carbocycles. The van der Waals surface area contributed by atoms with Crippen molar-refractivity contribution in [1.82, 2.24) is 0 Å². The Morgan fingerprint density at radius 3 is 2.33 bits per heavy atom. The zero-order valence-corrected chi connectivity index (χ0v) is 13.8. The van der Waals surface area contributed by atoms with Crippen LogP contribution in [-0.4, -0.2) is 29.4 Å². The monoisotopic (exact) mass is 294 g/mol. The molecule has 4 nitrogen and oxygen atoms in total. The maximum atomic E-state index is 12.1. The van der Waals surface area contributed by atoms with Gasteiger partial charge >= 0.3 is 5.97 Å². The third-order valence-corrected chi connectivity index (χ3v) is 3.43. The normalized spacial score (nSPS) is 16.0. The summed E-state index contributed by atoms with van der Waals surface area (Å²) < 4.78 is 10.6. The summed E-state index contributed by atoms with van der Waals surface area (Å²) >= 11 is 0. The molecule has 0 aromatic heterocycles. The van der Waals surface area contributed by atoms with Crippen LogP contribution in [0.25, 0.3) is 0 Å². The zero-order chi connectivity index (χ0) is 16.3. The van der Waals surface area contributed by atoms with E-state index >= 15 is 0 Å². The Kier molecular flexibility index (Phi) is 5.40. The van der Waals surface area contributed by atoms with Gasteiger partial charge in [0.15, 0.2) is 0 Å². The van der Waals surface area contributed by atoms with Crippen LogP contribution >= 0.6 is 0 Å². The predicted octanol–water partition coefficient (Wildman–Crippen LogP) is 2.97. The number of para-hydroxylation sites is 1. The highest BCUT2D eigenvalue weighted by molar-refractivity contribution is 5.74. The molecule has 0 spiro atoms. The van der Waals surface area contributed by atoms with Crippen molar-refractivity contribution in [2.45, 2.75) is 52.2 Å². The maximum absolute atomic E-state index is 12.1. The van der Waals surface area contributed by atoms with Gasteiger partial charge in [0.25, 0.3) is 0 Å². The van der Waals surface area contributed by atoms with E-state index in [1.54, 1.807) is 21.0 Å². The minimum Gasteiger partial charge on any atom is -0.496 e. The van der Waals surface area contributed by atoms with Gasteiger partial charge in [-0.1, -0.05) is 18.2 Å². The number of hydrogen-bond acceptors (Lipinski definition) is 4. The molecule has 0 amide bonds. The van der Waals surface area contributed by atoms with E-state index in [0.29, 0.717) is 12.2 Å². The molecule has 0 saturated heterocycles. The van der Waals surface area contributed by atoms with Crippen molar-refractivity contribution >= 4 is 5.97 Å².